The lowest BCUT2D eigenvalue weighted by atomic mass is 10.1. The summed E-state index contributed by atoms with van der Waals surface area (Å²) in [4.78, 5) is 25.4. The Bertz CT molecular complexity index is 520. The van der Waals surface area contributed by atoms with E-state index in [0.717, 1.165) is 11.1 Å². The molecule has 0 heterocycles. The minimum Gasteiger partial charge on any atom is -0.465 e. The maximum absolute atomic E-state index is 12.3. The standard InChI is InChI=1S/C17H26N2O4/c1-5-22-15(20)12-19(16(21)23-17(2,3)4)11-14-8-6-13(10-18)7-9-14/h6-9H,5,10-12,18H2,1-4H3. The largest absolute Gasteiger partial charge is 0.465 e. The van der Waals surface area contributed by atoms with Crippen LogP contribution in [0, 0.1) is 0 Å². The van der Waals surface area contributed by atoms with Gasteiger partial charge in [0.15, 0.2) is 0 Å². The molecule has 1 aromatic rings. The minimum absolute atomic E-state index is 0.151. The predicted molar refractivity (Wildman–Crippen MR) is 87.6 cm³/mol. The van der Waals surface area contributed by atoms with E-state index < -0.39 is 17.7 Å². The molecular weight excluding hydrogens is 296 g/mol. The van der Waals surface area contributed by atoms with Crippen molar-refractivity contribution in [3.05, 3.63) is 35.4 Å². The van der Waals surface area contributed by atoms with E-state index in [1.165, 1.54) is 4.90 Å². The minimum atomic E-state index is -0.632. The van der Waals surface area contributed by atoms with Crippen molar-refractivity contribution in [1.82, 2.24) is 4.90 Å². The molecule has 0 aliphatic carbocycles. The molecule has 6 nitrogen and oxygen atoms in total. The van der Waals surface area contributed by atoms with Gasteiger partial charge >= 0.3 is 12.1 Å². The SMILES string of the molecule is CCOC(=O)CN(Cc1ccc(CN)cc1)C(=O)OC(C)(C)C. The third-order valence-corrected chi connectivity index (χ3v) is 2.91. The quantitative estimate of drug-likeness (QED) is 0.814. The summed E-state index contributed by atoms with van der Waals surface area (Å²) in [6.45, 7) is 7.91. The van der Waals surface area contributed by atoms with E-state index in [9.17, 15) is 9.59 Å². The van der Waals surface area contributed by atoms with Crippen molar-refractivity contribution in [2.45, 2.75) is 46.4 Å². The fraction of sp³-hybridized carbons (Fsp3) is 0.529. The van der Waals surface area contributed by atoms with Gasteiger partial charge in [-0.15, -0.1) is 0 Å². The highest BCUT2D eigenvalue weighted by molar-refractivity contribution is 5.78. The van der Waals surface area contributed by atoms with Crippen LogP contribution in [0.1, 0.15) is 38.8 Å². The van der Waals surface area contributed by atoms with Crippen molar-refractivity contribution in [2.75, 3.05) is 13.2 Å². The second kappa shape index (κ2) is 8.53. The second-order valence-corrected chi connectivity index (χ2v) is 6.16. The number of nitrogens with two attached hydrogens (primary N) is 1. The average Bonchev–Trinajstić information content (AvgIpc) is 2.46. The fourth-order valence-electron chi connectivity index (χ4n) is 1.88. The molecule has 23 heavy (non-hydrogen) atoms. The van der Waals surface area contributed by atoms with Gasteiger partial charge < -0.3 is 15.2 Å². The zero-order valence-corrected chi connectivity index (χ0v) is 14.3. The Hall–Kier alpha value is -2.08. The molecule has 0 radical (unpaired) electrons. The van der Waals surface area contributed by atoms with Crippen LogP contribution in [0.25, 0.3) is 0 Å². The summed E-state index contributed by atoms with van der Waals surface area (Å²) in [5.74, 6) is -0.461. The molecule has 0 saturated heterocycles. The summed E-state index contributed by atoms with van der Waals surface area (Å²) < 4.78 is 10.3. The predicted octanol–water partition coefficient (Wildman–Crippen LogP) is 2.45. The summed E-state index contributed by atoms with van der Waals surface area (Å²) in [5.41, 5.74) is 6.83. The van der Waals surface area contributed by atoms with Gasteiger partial charge in [-0.1, -0.05) is 24.3 Å². The number of amides is 1. The summed E-state index contributed by atoms with van der Waals surface area (Å²) in [6, 6.07) is 7.55. The molecule has 0 saturated carbocycles. The van der Waals surface area contributed by atoms with Gasteiger partial charge in [-0.2, -0.15) is 0 Å². The number of hydrogen-bond acceptors (Lipinski definition) is 5. The first-order valence-corrected chi connectivity index (χ1v) is 7.66. The third kappa shape index (κ3) is 7.15. The van der Waals surface area contributed by atoms with Gasteiger partial charge in [0.2, 0.25) is 0 Å². The molecule has 0 spiro atoms. The fourth-order valence-corrected chi connectivity index (χ4v) is 1.88. The lowest BCUT2D eigenvalue weighted by Gasteiger charge is -2.27. The van der Waals surface area contributed by atoms with Gasteiger partial charge in [0, 0.05) is 13.1 Å². The molecule has 0 aromatic heterocycles. The lowest BCUT2D eigenvalue weighted by Crippen LogP contribution is -2.39. The smallest absolute Gasteiger partial charge is 0.411 e. The van der Waals surface area contributed by atoms with Crippen LogP contribution in [0.2, 0.25) is 0 Å². The van der Waals surface area contributed by atoms with E-state index in [0.29, 0.717) is 6.54 Å². The van der Waals surface area contributed by atoms with Crippen LogP contribution in [0.15, 0.2) is 24.3 Å². The molecule has 0 aliphatic heterocycles. The average molecular weight is 322 g/mol. The third-order valence-electron chi connectivity index (χ3n) is 2.91. The van der Waals surface area contributed by atoms with E-state index in [1.54, 1.807) is 27.7 Å². The molecule has 1 amide bonds. The number of ether oxygens (including phenoxy) is 2. The molecule has 0 atom stereocenters. The Kier molecular flexibility index (Phi) is 7.03. The van der Waals surface area contributed by atoms with Crippen molar-refractivity contribution in [1.29, 1.82) is 0 Å². The maximum Gasteiger partial charge on any atom is 0.411 e. The first kappa shape index (κ1) is 19.0. The van der Waals surface area contributed by atoms with Crippen LogP contribution in [0.3, 0.4) is 0 Å². The van der Waals surface area contributed by atoms with E-state index in [4.69, 9.17) is 15.2 Å². The van der Waals surface area contributed by atoms with Crippen LogP contribution >= 0.6 is 0 Å². The molecule has 6 heteroatoms. The molecule has 1 aromatic carbocycles. The first-order valence-electron chi connectivity index (χ1n) is 7.66. The molecule has 0 fully saturated rings. The molecule has 2 N–H and O–H groups in total. The number of benzene rings is 1. The number of rotatable bonds is 6. The monoisotopic (exact) mass is 322 g/mol. The summed E-state index contributed by atoms with van der Waals surface area (Å²) in [7, 11) is 0. The Labute approximate surface area is 137 Å². The van der Waals surface area contributed by atoms with Crippen LogP contribution in [-0.4, -0.2) is 35.7 Å². The number of esters is 1. The summed E-state index contributed by atoms with van der Waals surface area (Å²) >= 11 is 0. The Balaban J connectivity index is 2.84. The van der Waals surface area contributed by atoms with Gasteiger partial charge in [-0.25, -0.2) is 4.79 Å². The highest BCUT2D eigenvalue weighted by atomic mass is 16.6. The van der Waals surface area contributed by atoms with Gasteiger partial charge in [-0.05, 0) is 38.8 Å². The van der Waals surface area contributed by atoms with Crippen molar-refractivity contribution in [3.8, 4) is 0 Å². The second-order valence-electron chi connectivity index (χ2n) is 6.16. The van der Waals surface area contributed by atoms with Crippen LogP contribution in [0.5, 0.6) is 0 Å². The van der Waals surface area contributed by atoms with Gasteiger partial charge in [0.1, 0.15) is 12.1 Å². The van der Waals surface area contributed by atoms with Crippen molar-refractivity contribution >= 4 is 12.1 Å². The van der Waals surface area contributed by atoms with Gasteiger partial charge in [0.25, 0.3) is 0 Å². The molecule has 0 aliphatic rings. The number of hydrogen-bond donors (Lipinski definition) is 1. The van der Waals surface area contributed by atoms with Gasteiger partial charge in [-0.3, -0.25) is 9.69 Å². The zero-order valence-electron chi connectivity index (χ0n) is 14.3. The zero-order chi connectivity index (χ0) is 17.5. The highest BCUT2D eigenvalue weighted by Crippen LogP contribution is 2.13. The van der Waals surface area contributed by atoms with Crippen LogP contribution in [0.4, 0.5) is 4.79 Å². The number of carbonyl (C=O) groups excluding carboxylic acids is 2. The highest BCUT2D eigenvalue weighted by Gasteiger charge is 2.24. The molecule has 128 valence electrons. The number of nitrogens with zero attached hydrogens (tertiary/aromatic N) is 1. The molecule has 0 unspecified atom stereocenters. The van der Waals surface area contributed by atoms with E-state index in [2.05, 4.69) is 0 Å². The number of carbonyl (C=O) groups is 2. The van der Waals surface area contributed by atoms with Crippen LogP contribution < -0.4 is 5.73 Å². The van der Waals surface area contributed by atoms with E-state index >= 15 is 0 Å². The Morgan fingerprint density at radius 3 is 2.17 bits per heavy atom. The molecule has 0 bridgehead atoms. The van der Waals surface area contributed by atoms with E-state index in [-0.39, 0.29) is 19.7 Å². The van der Waals surface area contributed by atoms with Gasteiger partial charge in [0.05, 0.1) is 6.61 Å². The van der Waals surface area contributed by atoms with Crippen molar-refractivity contribution in [2.24, 2.45) is 5.73 Å². The molecular formula is C17H26N2O4. The lowest BCUT2D eigenvalue weighted by molar-refractivity contribution is -0.144. The summed E-state index contributed by atoms with van der Waals surface area (Å²) in [5, 5.41) is 0. The van der Waals surface area contributed by atoms with E-state index in [1.807, 2.05) is 24.3 Å². The first-order chi connectivity index (χ1) is 10.7. The summed E-state index contributed by atoms with van der Waals surface area (Å²) in [6.07, 6.45) is -0.548. The van der Waals surface area contributed by atoms with Crippen molar-refractivity contribution in [3.63, 3.8) is 0 Å². The Morgan fingerprint density at radius 2 is 1.70 bits per heavy atom. The van der Waals surface area contributed by atoms with Crippen molar-refractivity contribution < 1.29 is 19.1 Å². The van der Waals surface area contributed by atoms with Crippen LogP contribution in [-0.2, 0) is 27.4 Å². The topological polar surface area (TPSA) is 81.9 Å². The Morgan fingerprint density at radius 1 is 1.13 bits per heavy atom. The maximum atomic E-state index is 12.3. The normalized spacial score (nSPS) is 11.0. The molecule has 1 rings (SSSR count).